The molecule has 2 heterocycles. The quantitative estimate of drug-likeness (QED) is 0.148. The molecule has 5 rings (SSSR count). The van der Waals surface area contributed by atoms with Crippen LogP contribution in [0.4, 0.5) is 0 Å². The smallest absolute Gasteiger partial charge is 0.338 e. The van der Waals surface area contributed by atoms with E-state index in [0.29, 0.717) is 64.9 Å². The van der Waals surface area contributed by atoms with Gasteiger partial charge >= 0.3 is 5.97 Å². The number of carbonyl (C=O) groups excluding carboxylic acids is 1. The lowest BCUT2D eigenvalue weighted by Gasteiger charge is -2.27. The van der Waals surface area contributed by atoms with E-state index >= 15 is 0 Å². The van der Waals surface area contributed by atoms with Crippen LogP contribution in [0, 0.1) is 0 Å². The Balaban J connectivity index is 1.65. The first-order chi connectivity index (χ1) is 22.2. The van der Waals surface area contributed by atoms with Crippen molar-refractivity contribution in [3.05, 3.63) is 116 Å². The lowest BCUT2D eigenvalue weighted by molar-refractivity contribution is -0.139. The van der Waals surface area contributed by atoms with Crippen LogP contribution in [-0.4, -0.2) is 31.4 Å². The molecule has 0 bridgehead atoms. The predicted molar refractivity (Wildman–Crippen MR) is 187 cm³/mol. The second-order valence-corrected chi connectivity index (χ2v) is 13.4. The van der Waals surface area contributed by atoms with Crippen LogP contribution in [0.1, 0.15) is 49.4 Å². The van der Waals surface area contributed by atoms with E-state index in [2.05, 4.69) is 31.9 Å². The summed E-state index contributed by atoms with van der Waals surface area (Å²) in [7, 11) is 3.11. The van der Waals surface area contributed by atoms with E-state index in [9.17, 15) is 9.59 Å². The van der Waals surface area contributed by atoms with Gasteiger partial charge in [-0.05, 0) is 77.3 Å². The van der Waals surface area contributed by atoms with Gasteiger partial charge < -0.3 is 18.9 Å². The molecule has 8 nitrogen and oxygen atoms in total. The Hall–Kier alpha value is -3.38. The maximum absolute atomic E-state index is 14.2. The van der Waals surface area contributed by atoms with E-state index in [1.807, 2.05) is 49.4 Å². The molecule has 0 N–H and O–H groups in total. The second kappa shape index (κ2) is 15.0. The third-order valence-electron chi connectivity index (χ3n) is 7.26. The number of aromatic nitrogens is 1. The van der Waals surface area contributed by atoms with E-state index in [4.69, 9.17) is 35.5 Å². The zero-order valence-electron chi connectivity index (χ0n) is 25.6. The number of benzene rings is 3. The van der Waals surface area contributed by atoms with Crippen LogP contribution in [0.2, 0.25) is 5.02 Å². The molecule has 1 aromatic heterocycles. The van der Waals surface area contributed by atoms with Crippen LogP contribution >= 0.6 is 54.8 Å². The number of hydrogen-bond acceptors (Lipinski definition) is 8. The Morgan fingerprint density at radius 2 is 1.83 bits per heavy atom. The van der Waals surface area contributed by atoms with Crippen molar-refractivity contribution < 1.29 is 23.7 Å². The highest BCUT2D eigenvalue weighted by molar-refractivity contribution is 9.10. The monoisotopic (exact) mass is 788 g/mol. The zero-order valence-corrected chi connectivity index (χ0v) is 30.3. The van der Waals surface area contributed by atoms with Crippen LogP contribution in [0.15, 0.2) is 84.6 Å². The Kier molecular flexibility index (Phi) is 11.1. The fourth-order valence-corrected chi connectivity index (χ4v) is 7.38. The van der Waals surface area contributed by atoms with Gasteiger partial charge in [-0.3, -0.25) is 9.36 Å². The van der Waals surface area contributed by atoms with E-state index in [-0.39, 0.29) is 18.8 Å². The molecule has 3 aromatic carbocycles. The van der Waals surface area contributed by atoms with Crippen molar-refractivity contribution in [3.63, 3.8) is 0 Å². The van der Waals surface area contributed by atoms with Gasteiger partial charge in [-0.1, -0.05) is 70.4 Å². The molecule has 4 aromatic rings. The summed E-state index contributed by atoms with van der Waals surface area (Å²) in [4.78, 5) is 33.1. The summed E-state index contributed by atoms with van der Waals surface area (Å²) < 4.78 is 26.4. The van der Waals surface area contributed by atoms with Gasteiger partial charge in [-0.25, -0.2) is 9.79 Å². The third kappa shape index (κ3) is 6.97. The van der Waals surface area contributed by atoms with Gasteiger partial charge in [0, 0.05) is 20.6 Å². The number of fused-ring (bicyclic) bond motifs is 1. The van der Waals surface area contributed by atoms with Crippen molar-refractivity contribution in [3.8, 4) is 17.2 Å². The van der Waals surface area contributed by atoms with Gasteiger partial charge in [0.05, 0.1) is 41.1 Å². The van der Waals surface area contributed by atoms with Crippen molar-refractivity contribution >= 4 is 66.8 Å². The second-order valence-electron chi connectivity index (χ2n) is 10.2. The molecular weight excluding hydrogens is 760 g/mol. The number of ether oxygens (including phenoxy) is 4. The Morgan fingerprint density at radius 1 is 1.07 bits per heavy atom. The number of allylic oxidation sites excluding steroid dienone is 1. The fourth-order valence-electron chi connectivity index (χ4n) is 5.21. The number of nitrogens with zero attached hydrogens (tertiary/aromatic N) is 2. The minimum absolute atomic E-state index is 0.184. The largest absolute Gasteiger partial charge is 0.496 e. The van der Waals surface area contributed by atoms with Crippen LogP contribution in [0.5, 0.6) is 17.2 Å². The van der Waals surface area contributed by atoms with E-state index in [1.54, 1.807) is 43.9 Å². The molecule has 1 aliphatic rings. The minimum atomic E-state index is -0.812. The zero-order chi connectivity index (χ0) is 33.0. The molecule has 0 radical (unpaired) electrons. The van der Waals surface area contributed by atoms with Crippen molar-refractivity contribution in [1.82, 2.24) is 4.57 Å². The van der Waals surface area contributed by atoms with Crippen molar-refractivity contribution in [2.45, 2.75) is 39.3 Å². The van der Waals surface area contributed by atoms with Gasteiger partial charge in [0.15, 0.2) is 16.3 Å². The highest BCUT2D eigenvalue weighted by Crippen LogP contribution is 2.39. The van der Waals surface area contributed by atoms with Gasteiger partial charge in [-0.2, -0.15) is 0 Å². The first-order valence-electron chi connectivity index (χ1n) is 14.5. The summed E-state index contributed by atoms with van der Waals surface area (Å²) >= 11 is 14.7. The maximum atomic E-state index is 14.2. The number of methoxy groups -OCH3 is 2. The summed E-state index contributed by atoms with van der Waals surface area (Å²) in [6.45, 7) is 4.20. The van der Waals surface area contributed by atoms with Crippen molar-refractivity contribution in [1.29, 1.82) is 0 Å². The molecule has 1 aliphatic heterocycles. The molecule has 0 unspecified atom stereocenters. The average Bonchev–Trinajstić information content (AvgIpc) is 3.34. The summed E-state index contributed by atoms with van der Waals surface area (Å²) in [5, 5.41) is 0.608. The lowest BCUT2D eigenvalue weighted by atomic mass is 9.93. The number of rotatable bonds is 11. The molecule has 46 heavy (non-hydrogen) atoms. The van der Waals surface area contributed by atoms with Crippen LogP contribution < -0.4 is 29.1 Å². The van der Waals surface area contributed by atoms with Crippen LogP contribution in [-0.2, 0) is 16.1 Å². The summed E-state index contributed by atoms with van der Waals surface area (Å²) in [5.74, 6) is 0.999. The predicted octanol–water partition coefficient (Wildman–Crippen LogP) is 7.35. The lowest BCUT2D eigenvalue weighted by Crippen LogP contribution is -2.40. The number of carbonyl (C=O) groups is 1. The Morgan fingerprint density at radius 3 is 2.52 bits per heavy atom. The van der Waals surface area contributed by atoms with Gasteiger partial charge in [0.2, 0.25) is 0 Å². The van der Waals surface area contributed by atoms with Gasteiger partial charge in [-0.15, -0.1) is 0 Å². The Labute approximate surface area is 292 Å². The normalized spacial score (nSPS) is 14.5. The van der Waals surface area contributed by atoms with Crippen LogP contribution in [0.25, 0.3) is 6.08 Å². The first-order valence-corrected chi connectivity index (χ1v) is 17.3. The third-order valence-corrected chi connectivity index (χ3v) is 9.69. The molecule has 1 atom stereocenters. The summed E-state index contributed by atoms with van der Waals surface area (Å²) in [6, 6.07) is 15.8. The molecule has 0 saturated carbocycles. The van der Waals surface area contributed by atoms with E-state index in [1.165, 1.54) is 11.3 Å². The van der Waals surface area contributed by atoms with Crippen molar-refractivity contribution in [2.24, 2.45) is 4.99 Å². The number of thiazole rings is 1. The molecule has 0 saturated heterocycles. The SMILES string of the molecule is CCCC1=C(C(=O)OCC)[C@H](c2cc(Br)ccc2OC)n2c(s/c(=C/c3cc(Br)c(OCc4ccccc4Cl)c(OC)c3)c2=O)=N1. The molecule has 0 fully saturated rings. The molecular formula is C34H31Br2ClN2O6S. The van der Waals surface area contributed by atoms with Crippen LogP contribution in [0.3, 0.4) is 0 Å². The highest BCUT2D eigenvalue weighted by atomic mass is 79.9. The van der Waals surface area contributed by atoms with E-state index < -0.39 is 12.0 Å². The molecule has 0 amide bonds. The highest BCUT2D eigenvalue weighted by Gasteiger charge is 2.36. The summed E-state index contributed by atoms with van der Waals surface area (Å²) in [6.07, 6.45) is 3.06. The molecule has 12 heteroatoms. The van der Waals surface area contributed by atoms with Gasteiger partial charge in [0.1, 0.15) is 18.4 Å². The molecule has 240 valence electrons. The molecule has 0 aliphatic carbocycles. The number of hydrogen-bond donors (Lipinski definition) is 0. The van der Waals surface area contributed by atoms with E-state index in [0.717, 1.165) is 16.5 Å². The topological polar surface area (TPSA) is 88.4 Å². The summed E-state index contributed by atoms with van der Waals surface area (Å²) in [5.41, 5.74) is 2.79. The number of halogens is 3. The fraction of sp³-hybridized carbons (Fsp3) is 0.265. The Bertz CT molecular complexity index is 2010. The van der Waals surface area contributed by atoms with Crippen molar-refractivity contribution in [2.75, 3.05) is 20.8 Å². The van der Waals surface area contributed by atoms with Gasteiger partial charge in [0.25, 0.3) is 5.56 Å². The standard InChI is InChI=1S/C34H31Br2ClN2O6S/c1-5-9-25-29(33(41)44-6-2)30(22-17-21(35)12-13-26(22)42-3)39-32(40)28(46-34(39)38-25)16-19-14-23(36)31(27(15-19)43-4)45-18-20-10-7-8-11-24(20)37/h7-8,10-17,30H,5-6,9,18H2,1-4H3/b28-16+/t30-/m0/s1. The average molecular weight is 791 g/mol. The minimum Gasteiger partial charge on any atom is -0.496 e. The maximum Gasteiger partial charge on any atom is 0.338 e. The number of esters is 1. The first kappa shape index (κ1) is 34.0. The molecule has 0 spiro atoms.